The largest absolute Gasteiger partial charge is 0.451 e. The number of nitrogens with one attached hydrogen (secondary N) is 1. The van der Waals surface area contributed by atoms with E-state index in [9.17, 15) is 14.0 Å². The molecule has 0 atom stereocenters. The van der Waals surface area contributed by atoms with E-state index in [1.165, 1.54) is 28.6 Å². The van der Waals surface area contributed by atoms with E-state index in [1.807, 2.05) is 4.90 Å². The second-order valence-electron chi connectivity index (χ2n) is 6.64. The number of aryl methyl sites for hydroxylation is 1. The summed E-state index contributed by atoms with van der Waals surface area (Å²) in [7, 11) is 0. The molecule has 0 unspecified atom stereocenters. The molecule has 0 fully saturated rings. The SMILES string of the molecule is Cc1c(C(=O)NCCC(=O)N2CCc3sccc3C2)oc2ccc(F)cc12. The van der Waals surface area contributed by atoms with Gasteiger partial charge in [-0.1, -0.05) is 0 Å². The Hall–Kier alpha value is -2.67. The predicted molar refractivity (Wildman–Crippen MR) is 101 cm³/mol. The molecule has 0 radical (unpaired) electrons. The molecule has 140 valence electrons. The van der Waals surface area contributed by atoms with Crippen molar-refractivity contribution in [2.24, 2.45) is 0 Å². The van der Waals surface area contributed by atoms with Crippen molar-refractivity contribution in [2.75, 3.05) is 13.1 Å². The van der Waals surface area contributed by atoms with Gasteiger partial charge in [-0.15, -0.1) is 11.3 Å². The van der Waals surface area contributed by atoms with Gasteiger partial charge in [-0.25, -0.2) is 4.39 Å². The number of rotatable bonds is 4. The molecule has 0 spiro atoms. The summed E-state index contributed by atoms with van der Waals surface area (Å²) in [4.78, 5) is 28.0. The Bertz CT molecular complexity index is 1020. The number of hydrogen-bond acceptors (Lipinski definition) is 4. The quantitative estimate of drug-likeness (QED) is 0.745. The lowest BCUT2D eigenvalue weighted by Crippen LogP contribution is -2.37. The Morgan fingerprint density at radius 2 is 2.19 bits per heavy atom. The summed E-state index contributed by atoms with van der Waals surface area (Å²) in [5, 5.41) is 5.36. The molecule has 0 aliphatic carbocycles. The standard InChI is InChI=1S/C20H19FN2O3S/c1-12-15-10-14(21)2-3-16(15)26-19(12)20(25)22-7-4-18(24)23-8-5-17-13(11-23)6-9-27-17/h2-3,6,9-10H,4-5,7-8,11H2,1H3,(H,22,25). The fourth-order valence-corrected chi connectivity index (χ4v) is 4.28. The zero-order chi connectivity index (χ0) is 19.0. The molecule has 1 aliphatic rings. The van der Waals surface area contributed by atoms with Crippen LogP contribution in [-0.4, -0.2) is 29.8 Å². The topological polar surface area (TPSA) is 62.6 Å². The second kappa shape index (κ2) is 7.15. The van der Waals surface area contributed by atoms with Gasteiger partial charge in [0.2, 0.25) is 5.91 Å². The monoisotopic (exact) mass is 386 g/mol. The molecular formula is C20H19FN2O3S. The number of furan rings is 1. The van der Waals surface area contributed by atoms with Gasteiger partial charge in [0.15, 0.2) is 5.76 Å². The summed E-state index contributed by atoms with van der Waals surface area (Å²) in [6.07, 6.45) is 1.12. The van der Waals surface area contributed by atoms with Crippen molar-refractivity contribution in [3.63, 3.8) is 0 Å². The van der Waals surface area contributed by atoms with Crippen LogP contribution in [0.25, 0.3) is 11.0 Å². The van der Waals surface area contributed by atoms with Gasteiger partial charge in [0.1, 0.15) is 11.4 Å². The molecule has 2 aromatic heterocycles. The number of benzene rings is 1. The normalized spacial score (nSPS) is 13.6. The molecule has 27 heavy (non-hydrogen) atoms. The highest BCUT2D eigenvalue weighted by molar-refractivity contribution is 7.10. The molecule has 3 heterocycles. The van der Waals surface area contributed by atoms with Crippen LogP contribution in [0.4, 0.5) is 4.39 Å². The molecule has 0 saturated carbocycles. The summed E-state index contributed by atoms with van der Waals surface area (Å²) >= 11 is 1.73. The molecule has 4 rings (SSSR count). The summed E-state index contributed by atoms with van der Waals surface area (Å²) in [5.41, 5.74) is 2.28. The maximum atomic E-state index is 13.4. The Morgan fingerprint density at radius 1 is 1.33 bits per heavy atom. The Labute approximate surface area is 159 Å². The Balaban J connectivity index is 1.35. The molecule has 7 heteroatoms. The smallest absolute Gasteiger partial charge is 0.287 e. The molecule has 3 aromatic rings. The highest BCUT2D eigenvalue weighted by Gasteiger charge is 2.22. The third-order valence-corrected chi connectivity index (χ3v) is 5.91. The van der Waals surface area contributed by atoms with Crippen molar-refractivity contribution in [1.29, 1.82) is 0 Å². The van der Waals surface area contributed by atoms with Crippen LogP contribution >= 0.6 is 11.3 Å². The van der Waals surface area contributed by atoms with Crippen LogP contribution in [-0.2, 0) is 17.8 Å². The van der Waals surface area contributed by atoms with Gasteiger partial charge in [0.05, 0.1) is 0 Å². The van der Waals surface area contributed by atoms with Gasteiger partial charge >= 0.3 is 0 Å². The van der Waals surface area contributed by atoms with Crippen LogP contribution in [0.5, 0.6) is 0 Å². The zero-order valence-electron chi connectivity index (χ0n) is 14.9. The Kier molecular flexibility index (Phi) is 4.70. The first-order chi connectivity index (χ1) is 13.0. The number of fused-ring (bicyclic) bond motifs is 2. The minimum atomic E-state index is -0.393. The first kappa shape index (κ1) is 17.7. The van der Waals surface area contributed by atoms with Crippen LogP contribution in [0.3, 0.4) is 0 Å². The van der Waals surface area contributed by atoms with E-state index < -0.39 is 5.91 Å². The first-order valence-electron chi connectivity index (χ1n) is 8.83. The van der Waals surface area contributed by atoms with Crippen molar-refractivity contribution < 1.29 is 18.4 Å². The minimum absolute atomic E-state index is 0.0237. The van der Waals surface area contributed by atoms with E-state index in [2.05, 4.69) is 16.8 Å². The van der Waals surface area contributed by atoms with E-state index in [0.717, 1.165) is 6.42 Å². The number of amides is 2. The molecule has 1 aromatic carbocycles. The predicted octanol–water partition coefficient (Wildman–Crippen LogP) is 3.65. The fourth-order valence-electron chi connectivity index (χ4n) is 3.39. The van der Waals surface area contributed by atoms with Crippen LogP contribution in [0.2, 0.25) is 0 Å². The highest BCUT2D eigenvalue weighted by Crippen LogP contribution is 2.26. The van der Waals surface area contributed by atoms with E-state index in [4.69, 9.17) is 4.42 Å². The lowest BCUT2D eigenvalue weighted by atomic mass is 10.1. The van der Waals surface area contributed by atoms with Crippen LogP contribution in [0.15, 0.2) is 34.1 Å². The van der Waals surface area contributed by atoms with E-state index in [0.29, 0.717) is 29.6 Å². The lowest BCUT2D eigenvalue weighted by Gasteiger charge is -2.27. The fraction of sp³-hybridized carbons (Fsp3) is 0.300. The van der Waals surface area contributed by atoms with Crippen LogP contribution in [0, 0.1) is 12.7 Å². The summed E-state index contributed by atoms with van der Waals surface area (Å²) in [6.45, 7) is 3.31. The number of carbonyl (C=O) groups excluding carboxylic acids is 2. The van der Waals surface area contributed by atoms with Gasteiger partial charge in [-0.05, 0) is 48.6 Å². The van der Waals surface area contributed by atoms with Gasteiger partial charge < -0.3 is 14.6 Å². The number of hydrogen-bond donors (Lipinski definition) is 1. The molecule has 0 bridgehead atoms. The zero-order valence-corrected chi connectivity index (χ0v) is 15.7. The molecule has 1 aliphatic heterocycles. The molecule has 1 N–H and O–H groups in total. The van der Waals surface area contributed by atoms with E-state index >= 15 is 0 Å². The maximum absolute atomic E-state index is 13.4. The van der Waals surface area contributed by atoms with Crippen molar-refractivity contribution in [1.82, 2.24) is 10.2 Å². The number of nitrogens with zero attached hydrogens (tertiary/aromatic N) is 1. The van der Waals surface area contributed by atoms with Crippen molar-refractivity contribution in [3.05, 3.63) is 57.2 Å². The summed E-state index contributed by atoms with van der Waals surface area (Å²) in [6, 6.07) is 6.22. The average molecular weight is 386 g/mol. The first-order valence-corrected chi connectivity index (χ1v) is 9.71. The van der Waals surface area contributed by atoms with Gasteiger partial charge in [0.25, 0.3) is 5.91 Å². The highest BCUT2D eigenvalue weighted by atomic mass is 32.1. The number of carbonyl (C=O) groups is 2. The molecule has 5 nitrogen and oxygen atoms in total. The maximum Gasteiger partial charge on any atom is 0.287 e. The van der Waals surface area contributed by atoms with Crippen molar-refractivity contribution in [2.45, 2.75) is 26.3 Å². The van der Waals surface area contributed by atoms with Crippen molar-refractivity contribution >= 4 is 34.1 Å². The molecule has 2 amide bonds. The minimum Gasteiger partial charge on any atom is -0.451 e. The van der Waals surface area contributed by atoms with Crippen LogP contribution < -0.4 is 5.32 Å². The second-order valence-corrected chi connectivity index (χ2v) is 7.64. The average Bonchev–Trinajstić information content (AvgIpc) is 3.25. The summed E-state index contributed by atoms with van der Waals surface area (Å²) < 4.78 is 18.9. The van der Waals surface area contributed by atoms with E-state index in [1.54, 1.807) is 18.3 Å². The summed E-state index contributed by atoms with van der Waals surface area (Å²) in [5.74, 6) is -0.588. The van der Waals surface area contributed by atoms with Gasteiger partial charge in [0, 0.05) is 41.9 Å². The molecule has 0 saturated heterocycles. The molecular weight excluding hydrogens is 367 g/mol. The van der Waals surface area contributed by atoms with Crippen molar-refractivity contribution in [3.8, 4) is 0 Å². The lowest BCUT2D eigenvalue weighted by molar-refractivity contribution is -0.131. The third kappa shape index (κ3) is 3.47. The van der Waals surface area contributed by atoms with Gasteiger partial charge in [-0.2, -0.15) is 0 Å². The van der Waals surface area contributed by atoms with E-state index in [-0.39, 0.29) is 30.5 Å². The number of thiophene rings is 1. The Morgan fingerprint density at radius 3 is 3.04 bits per heavy atom. The number of halogens is 1. The van der Waals surface area contributed by atoms with Gasteiger partial charge in [-0.3, -0.25) is 9.59 Å². The third-order valence-electron chi connectivity index (χ3n) is 4.89. The van der Waals surface area contributed by atoms with Crippen LogP contribution in [0.1, 0.15) is 33.0 Å².